The molecule has 0 bridgehead atoms. The molecular weight excluding hydrogens is 240 g/mol. The van der Waals surface area contributed by atoms with Crippen LogP contribution in [-0.2, 0) is 6.54 Å². The van der Waals surface area contributed by atoms with E-state index in [1.807, 2.05) is 6.92 Å². The van der Waals surface area contributed by atoms with Gasteiger partial charge in [0, 0.05) is 12.7 Å². The van der Waals surface area contributed by atoms with E-state index in [1.165, 1.54) is 6.20 Å². The number of nitrogens with zero attached hydrogens (tertiary/aromatic N) is 4. The van der Waals surface area contributed by atoms with Crippen LogP contribution in [-0.4, -0.2) is 25.1 Å². The van der Waals surface area contributed by atoms with Gasteiger partial charge in [-0.05, 0) is 18.6 Å². The number of rotatable bonds is 4. The first-order valence-corrected chi connectivity index (χ1v) is 5.78. The molecule has 2 aromatic rings. The van der Waals surface area contributed by atoms with Crippen molar-refractivity contribution in [3.63, 3.8) is 0 Å². The van der Waals surface area contributed by atoms with Crippen LogP contribution in [0.2, 0.25) is 5.02 Å². The summed E-state index contributed by atoms with van der Waals surface area (Å²) in [5, 5.41) is 18.4. The molecule has 1 N–H and O–H groups in total. The van der Waals surface area contributed by atoms with Gasteiger partial charge in [0.25, 0.3) is 0 Å². The molecule has 2 aromatic heterocycles. The quantitative estimate of drug-likeness (QED) is 0.902. The van der Waals surface area contributed by atoms with Crippen molar-refractivity contribution in [2.45, 2.75) is 26.0 Å². The molecule has 0 saturated heterocycles. The fourth-order valence-corrected chi connectivity index (χ4v) is 1.83. The Balaban J connectivity index is 2.34. The Hall–Kier alpha value is -1.46. The van der Waals surface area contributed by atoms with Gasteiger partial charge in [-0.25, -0.2) is 4.68 Å². The Kier molecular flexibility index (Phi) is 3.71. The van der Waals surface area contributed by atoms with Gasteiger partial charge in [-0.1, -0.05) is 23.7 Å². The molecule has 6 heteroatoms. The minimum atomic E-state index is -0.898. The van der Waals surface area contributed by atoms with Crippen molar-refractivity contribution < 1.29 is 5.11 Å². The van der Waals surface area contributed by atoms with Crippen LogP contribution >= 0.6 is 11.6 Å². The highest BCUT2D eigenvalue weighted by molar-refractivity contribution is 6.31. The molecule has 2 heterocycles. The van der Waals surface area contributed by atoms with E-state index in [4.69, 9.17) is 11.6 Å². The third-order valence-corrected chi connectivity index (χ3v) is 2.73. The summed E-state index contributed by atoms with van der Waals surface area (Å²) < 4.78 is 1.66. The van der Waals surface area contributed by atoms with Gasteiger partial charge in [0.2, 0.25) is 0 Å². The number of aryl methyl sites for hydroxylation is 1. The van der Waals surface area contributed by atoms with Crippen LogP contribution in [0.15, 0.2) is 24.5 Å². The summed E-state index contributed by atoms with van der Waals surface area (Å²) in [7, 11) is 0. The van der Waals surface area contributed by atoms with Crippen LogP contribution in [0.4, 0.5) is 0 Å². The second-order valence-corrected chi connectivity index (χ2v) is 4.06. The fraction of sp³-hybridized carbons (Fsp3) is 0.364. The van der Waals surface area contributed by atoms with Crippen LogP contribution in [0.5, 0.6) is 0 Å². The van der Waals surface area contributed by atoms with Gasteiger partial charge in [0.1, 0.15) is 6.10 Å². The minimum absolute atomic E-state index is 0.425. The van der Waals surface area contributed by atoms with E-state index in [0.29, 0.717) is 23.0 Å². The van der Waals surface area contributed by atoms with Crippen LogP contribution in [0.1, 0.15) is 30.8 Å². The van der Waals surface area contributed by atoms with E-state index in [0.717, 1.165) is 6.42 Å². The molecule has 0 aliphatic rings. The number of hydrogen-bond acceptors (Lipinski definition) is 4. The Labute approximate surface area is 104 Å². The smallest absolute Gasteiger partial charge is 0.141 e. The number of pyridine rings is 1. The van der Waals surface area contributed by atoms with Crippen molar-refractivity contribution in [3.05, 3.63) is 40.9 Å². The molecule has 0 amide bonds. The predicted molar refractivity (Wildman–Crippen MR) is 63.6 cm³/mol. The molecule has 2 rings (SSSR count). The first-order valence-electron chi connectivity index (χ1n) is 5.41. The summed E-state index contributed by atoms with van der Waals surface area (Å²) in [4.78, 5) is 4.08. The van der Waals surface area contributed by atoms with Crippen molar-refractivity contribution in [2.75, 3.05) is 0 Å². The van der Waals surface area contributed by atoms with Crippen LogP contribution in [0.25, 0.3) is 0 Å². The Bertz CT molecular complexity index is 500. The number of hydrogen-bond donors (Lipinski definition) is 1. The lowest BCUT2D eigenvalue weighted by atomic mass is 10.2. The van der Waals surface area contributed by atoms with E-state index in [-0.39, 0.29) is 0 Å². The Morgan fingerprint density at radius 3 is 3.06 bits per heavy atom. The first kappa shape index (κ1) is 12.0. The lowest BCUT2D eigenvalue weighted by Crippen LogP contribution is -2.11. The predicted octanol–water partition coefficient (Wildman–Crippen LogP) is 1.82. The molecule has 0 fully saturated rings. The molecule has 0 aliphatic heterocycles. The first-order chi connectivity index (χ1) is 8.24. The molecule has 1 unspecified atom stereocenters. The largest absolute Gasteiger partial charge is 0.380 e. The third-order valence-electron chi connectivity index (χ3n) is 2.41. The lowest BCUT2D eigenvalue weighted by molar-refractivity contribution is 0.202. The van der Waals surface area contributed by atoms with Crippen molar-refractivity contribution in [2.24, 2.45) is 0 Å². The van der Waals surface area contributed by atoms with E-state index in [1.54, 1.807) is 23.0 Å². The highest BCUT2D eigenvalue weighted by atomic mass is 35.5. The normalized spacial score (nSPS) is 12.6. The number of aliphatic hydroxyl groups excluding tert-OH is 1. The van der Waals surface area contributed by atoms with Gasteiger partial charge in [0.15, 0.2) is 0 Å². The Morgan fingerprint density at radius 1 is 1.53 bits per heavy atom. The Morgan fingerprint density at radius 2 is 2.35 bits per heavy atom. The minimum Gasteiger partial charge on any atom is -0.380 e. The maximum Gasteiger partial charge on any atom is 0.141 e. The van der Waals surface area contributed by atoms with E-state index < -0.39 is 6.10 Å². The van der Waals surface area contributed by atoms with E-state index >= 15 is 0 Å². The molecule has 0 radical (unpaired) electrons. The summed E-state index contributed by atoms with van der Waals surface area (Å²) >= 11 is 5.99. The maximum absolute atomic E-state index is 10.2. The number of halogens is 1. The van der Waals surface area contributed by atoms with Crippen molar-refractivity contribution >= 4 is 11.6 Å². The fourth-order valence-electron chi connectivity index (χ4n) is 1.60. The molecule has 0 spiro atoms. The number of aliphatic hydroxyl groups is 1. The van der Waals surface area contributed by atoms with Gasteiger partial charge in [-0.15, -0.1) is 5.10 Å². The second-order valence-electron chi connectivity index (χ2n) is 3.66. The van der Waals surface area contributed by atoms with Gasteiger partial charge >= 0.3 is 0 Å². The van der Waals surface area contributed by atoms with Crippen molar-refractivity contribution in [3.8, 4) is 0 Å². The molecule has 5 nitrogen and oxygen atoms in total. The zero-order valence-electron chi connectivity index (χ0n) is 9.41. The van der Waals surface area contributed by atoms with E-state index in [2.05, 4.69) is 15.3 Å². The molecule has 0 aromatic carbocycles. The standard InChI is InChI=1S/C11H13ClN4O/c1-2-6-16-9(7-14-15-16)11(17)10-8(12)4-3-5-13-10/h3-5,7,11,17H,2,6H2,1H3. The topological polar surface area (TPSA) is 63.8 Å². The van der Waals surface area contributed by atoms with Gasteiger partial charge in [-0.2, -0.15) is 0 Å². The third kappa shape index (κ3) is 2.45. The summed E-state index contributed by atoms with van der Waals surface area (Å²) in [5.41, 5.74) is 1.03. The highest BCUT2D eigenvalue weighted by Gasteiger charge is 2.19. The van der Waals surface area contributed by atoms with Gasteiger partial charge < -0.3 is 5.11 Å². The molecule has 90 valence electrons. The maximum atomic E-state index is 10.2. The molecule has 1 atom stereocenters. The lowest BCUT2D eigenvalue weighted by Gasteiger charge is -2.12. The van der Waals surface area contributed by atoms with Gasteiger partial charge in [0.05, 0.1) is 22.6 Å². The monoisotopic (exact) mass is 252 g/mol. The second kappa shape index (κ2) is 5.25. The van der Waals surface area contributed by atoms with E-state index in [9.17, 15) is 5.11 Å². The SMILES string of the molecule is CCCn1nncc1C(O)c1ncccc1Cl. The van der Waals surface area contributed by atoms with Gasteiger partial charge in [-0.3, -0.25) is 4.98 Å². The van der Waals surface area contributed by atoms with Crippen LogP contribution < -0.4 is 0 Å². The zero-order chi connectivity index (χ0) is 12.3. The zero-order valence-corrected chi connectivity index (χ0v) is 10.2. The molecule has 17 heavy (non-hydrogen) atoms. The molecule has 0 saturated carbocycles. The average Bonchev–Trinajstić information content (AvgIpc) is 2.78. The van der Waals surface area contributed by atoms with Crippen LogP contribution in [0.3, 0.4) is 0 Å². The average molecular weight is 253 g/mol. The summed E-state index contributed by atoms with van der Waals surface area (Å²) in [5.74, 6) is 0. The van der Waals surface area contributed by atoms with Crippen molar-refractivity contribution in [1.82, 2.24) is 20.0 Å². The highest BCUT2D eigenvalue weighted by Crippen LogP contribution is 2.25. The van der Waals surface area contributed by atoms with Crippen molar-refractivity contribution in [1.29, 1.82) is 0 Å². The summed E-state index contributed by atoms with van der Waals surface area (Å²) in [6.45, 7) is 2.74. The summed E-state index contributed by atoms with van der Waals surface area (Å²) in [6, 6.07) is 3.42. The molecule has 0 aliphatic carbocycles. The summed E-state index contributed by atoms with van der Waals surface area (Å²) in [6.07, 6.45) is 3.15. The number of aromatic nitrogens is 4. The molecular formula is C11H13ClN4O. The van der Waals surface area contributed by atoms with Crippen LogP contribution in [0, 0.1) is 0 Å².